The Labute approximate surface area is 279 Å². The van der Waals surface area contributed by atoms with E-state index in [1.807, 2.05) is 0 Å². The quantitative estimate of drug-likeness (QED) is 0.124. The Kier molecular flexibility index (Phi) is 11.5. The van der Waals surface area contributed by atoms with Gasteiger partial charge < -0.3 is 43.4 Å². The fourth-order valence-electron chi connectivity index (χ4n) is 5.45. The first-order valence-electron chi connectivity index (χ1n) is 14.7. The molecule has 0 aliphatic heterocycles. The molecule has 0 amide bonds. The van der Waals surface area contributed by atoms with Crippen molar-refractivity contribution >= 4 is 22.5 Å². The van der Waals surface area contributed by atoms with E-state index in [1.165, 1.54) is 71.9 Å². The number of aliphatic hydroxyl groups excluding tert-OH is 2. The number of fused-ring (bicyclic) bond motifs is 1. The van der Waals surface area contributed by atoms with Gasteiger partial charge in [-0.2, -0.15) is 13.2 Å². The number of alkyl halides is 3. The van der Waals surface area contributed by atoms with Gasteiger partial charge in [-0.15, -0.1) is 0 Å². The number of methoxy groups -OCH3 is 6. The van der Waals surface area contributed by atoms with E-state index >= 15 is 0 Å². The van der Waals surface area contributed by atoms with Crippen LogP contribution in [0.4, 0.5) is 13.2 Å². The van der Waals surface area contributed by atoms with Gasteiger partial charge in [0.15, 0.2) is 28.8 Å². The van der Waals surface area contributed by atoms with E-state index in [-0.39, 0.29) is 69.4 Å². The predicted octanol–water partition coefficient (Wildman–Crippen LogP) is 5.71. The Morgan fingerprint density at radius 1 is 0.755 bits per heavy atom. The van der Waals surface area contributed by atoms with Crippen molar-refractivity contribution in [2.45, 2.75) is 18.7 Å². The number of ketones is 1. The lowest BCUT2D eigenvalue weighted by Crippen LogP contribution is -2.21. The third-order valence-electron chi connectivity index (χ3n) is 7.75. The van der Waals surface area contributed by atoms with E-state index in [1.54, 1.807) is 0 Å². The molecule has 0 radical (unpaired) electrons. The second-order valence-corrected chi connectivity index (χ2v) is 10.5. The molecular formula is C35H35F3O11. The lowest BCUT2D eigenvalue weighted by molar-refractivity contribution is -0.137. The summed E-state index contributed by atoms with van der Waals surface area (Å²) in [5.41, 5.74) is -3.53. The molecule has 49 heavy (non-hydrogen) atoms. The van der Waals surface area contributed by atoms with E-state index < -0.39 is 52.9 Å². The summed E-state index contributed by atoms with van der Waals surface area (Å²) < 4.78 is 82.8. The second kappa shape index (κ2) is 15.3. The highest BCUT2D eigenvalue weighted by molar-refractivity contribution is 6.22. The first kappa shape index (κ1) is 36.6. The summed E-state index contributed by atoms with van der Waals surface area (Å²) in [6, 6.07) is 10.5. The molecule has 0 aliphatic rings. The number of halogens is 3. The van der Waals surface area contributed by atoms with Gasteiger partial charge >= 0.3 is 12.1 Å². The van der Waals surface area contributed by atoms with Gasteiger partial charge in [0, 0.05) is 28.3 Å². The molecule has 0 fully saturated rings. The zero-order chi connectivity index (χ0) is 36.0. The van der Waals surface area contributed by atoms with Gasteiger partial charge in [0.05, 0.1) is 73.1 Å². The van der Waals surface area contributed by atoms with Crippen molar-refractivity contribution in [2.75, 3.05) is 55.9 Å². The van der Waals surface area contributed by atoms with Crippen LogP contribution in [0.1, 0.15) is 38.3 Å². The van der Waals surface area contributed by atoms with Gasteiger partial charge in [-0.1, -0.05) is 12.1 Å². The molecule has 0 saturated heterocycles. The number of esters is 1. The Morgan fingerprint density at radius 2 is 1.39 bits per heavy atom. The average molecular weight is 689 g/mol. The fraction of sp³-hybridized carbons (Fsp3) is 0.314. The Bertz CT molecular complexity index is 1850. The van der Waals surface area contributed by atoms with E-state index in [2.05, 4.69) is 0 Å². The van der Waals surface area contributed by atoms with Gasteiger partial charge in [-0.05, 0) is 47.5 Å². The summed E-state index contributed by atoms with van der Waals surface area (Å²) in [7, 11) is 7.62. The highest BCUT2D eigenvalue weighted by Crippen LogP contribution is 2.49. The molecule has 0 aliphatic carbocycles. The maximum Gasteiger partial charge on any atom is 0.417 e. The minimum absolute atomic E-state index is 0.00125. The lowest BCUT2D eigenvalue weighted by atomic mass is 9.87. The van der Waals surface area contributed by atoms with Crippen LogP contribution >= 0.6 is 0 Å². The van der Waals surface area contributed by atoms with Crippen LogP contribution in [0.25, 0.3) is 21.9 Å². The molecule has 14 heteroatoms. The smallest absolute Gasteiger partial charge is 0.417 e. The monoisotopic (exact) mass is 688 g/mol. The van der Waals surface area contributed by atoms with Crippen LogP contribution in [0.5, 0.6) is 34.5 Å². The SMILES string of the molecule is COC(=O)c1c(C(=O)c2ccc(OCC[C@H](O)CO)c3cc(OC)c(OC)c(OC)c23)ccc(-c2ccc(OC)c(OC)c2)c1C(F)(F)F. The Hall–Kier alpha value is -5.21. The molecule has 4 rings (SSSR count). The molecule has 4 aromatic rings. The first-order chi connectivity index (χ1) is 23.4. The number of hydrogen-bond acceptors (Lipinski definition) is 11. The van der Waals surface area contributed by atoms with Crippen molar-refractivity contribution in [1.82, 2.24) is 0 Å². The first-order valence-corrected chi connectivity index (χ1v) is 14.7. The molecule has 4 aromatic carbocycles. The number of carbonyl (C=O) groups is 2. The van der Waals surface area contributed by atoms with Crippen molar-refractivity contribution < 1.29 is 66.1 Å². The molecule has 0 heterocycles. The average Bonchev–Trinajstić information content (AvgIpc) is 3.11. The molecule has 262 valence electrons. The van der Waals surface area contributed by atoms with Gasteiger partial charge in [0.2, 0.25) is 5.75 Å². The zero-order valence-electron chi connectivity index (χ0n) is 27.5. The van der Waals surface area contributed by atoms with Gasteiger partial charge in [-0.25, -0.2) is 4.79 Å². The number of carbonyl (C=O) groups excluding carboxylic acids is 2. The van der Waals surface area contributed by atoms with E-state index in [4.69, 9.17) is 33.2 Å². The van der Waals surface area contributed by atoms with Gasteiger partial charge in [-0.3, -0.25) is 4.79 Å². The van der Waals surface area contributed by atoms with Crippen molar-refractivity contribution in [3.63, 3.8) is 0 Å². The third-order valence-corrected chi connectivity index (χ3v) is 7.75. The standard InChI is InChI=1S/C35H35F3O11/c1-43-25-11-7-18(15-26(25)44-2)20-8-9-22(29(34(42)48-6)30(20)35(36,37)38)31(41)21-10-12-24(49-14-13-19(40)17-39)23-16-27(45-3)32(46-4)33(47-5)28(21)23/h7-12,15-16,19,39-40H,13-14,17H2,1-6H3/t19-/m0/s1. The van der Waals surface area contributed by atoms with E-state index in [9.17, 15) is 33.0 Å². The molecule has 0 aromatic heterocycles. The van der Waals surface area contributed by atoms with Crippen LogP contribution in [0, 0.1) is 0 Å². The Balaban J connectivity index is 2.05. The van der Waals surface area contributed by atoms with Crippen molar-refractivity contribution in [3.8, 4) is 45.6 Å². The summed E-state index contributed by atoms with van der Waals surface area (Å²) in [6.45, 7) is -0.524. The van der Waals surface area contributed by atoms with Crippen LogP contribution in [0.15, 0.2) is 48.5 Å². The maximum atomic E-state index is 15.0. The summed E-state index contributed by atoms with van der Waals surface area (Å²) in [4.78, 5) is 27.7. The molecular weight excluding hydrogens is 653 g/mol. The summed E-state index contributed by atoms with van der Waals surface area (Å²) in [5, 5.41) is 19.3. The topological polar surface area (TPSA) is 139 Å². The number of hydrogen-bond donors (Lipinski definition) is 2. The molecule has 11 nitrogen and oxygen atoms in total. The van der Waals surface area contributed by atoms with Crippen LogP contribution in [0.3, 0.4) is 0 Å². The summed E-state index contributed by atoms with van der Waals surface area (Å²) >= 11 is 0. The van der Waals surface area contributed by atoms with Crippen LogP contribution in [-0.2, 0) is 10.9 Å². The fourth-order valence-corrected chi connectivity index (χ4v) is 5.45. The highest BCUT2D eigenvalue weighted by Gasteiger charge is 2.41. The number of rotatable bonds is 14. The lowest BCUT2D eigenvalue weighted by Gasteiger charge is -2.21. The molecule has 2 N–H and O–H groups in total. The van der Waals surface area contributed by atoms with E-state index in [0.29, 0.717) is 0 Å². The highest BCUT2D eigenvalue weighted by atomic mass is 19.4. The molecule has 0 saturated carbocycles. The Morgan fingerprint density at radius 3 is 1.96 bits per heavy atom. The predicted molar refractivity (Wildman–Crippen MR) is 172 cm³/mol. The van der Waals surface area contributed by atoms with Crippen molar-refractivity contribution in [3.05, 3.63) is 70.8 Å². The van der Waals surface area contributed by atoms with Crippen molar-refractivity contribution in [2.24, 2.45) is 0 Å². The molecule has 0 bridgehead atoms. The van der Waals surface area contributed by atoms with Crippen molar-refractivity contribution in [1.29, 1.82) is 0 Å². The molecule has 1 atom stereocenters. The molecule has 0 spiro atoms. The number of ether oxygens (including phenoxy) is 7. The normalized spacial score (nSPS) is 11.9. The van der Waals surface area contributed by atoms with Crippen LogP contribution in [-0.4, -0.2) is 83.9 Å². The number of aliphatic hydroxyl groups is 2. The van der Waals surface area contributed by atoms with E-state index in [0.717, 1.165) is 19.2 Å². The zero-order valence-corrected chi connectivity index (χ0v) is 27.5. The van der Waals surface area contributed by atoms with Gasteiger partial charge in [0.25, 0.3) is 0 Å². The number of benzene rings is 4. The molecule has 0 unspecified atom stereocenters. The third kappa shape index (κ3) is 7.15. The minimum atomic E-state index is -5.13. The minimum Gasteiger partial charge on any atom is -0.493 e. The van der Waals surface area contributed by atoms with Gasteiger partial charge in [0.1, 0.15) is 5.75 Å². The second-order valence-electron chi connectivity index (χ2n) is 10.5. The maximum absolute atomic E-state index is 15.0. The summed E-state index contributed by atoms with van der Waals surface area (Å²) in [5.74, 6) is -1.49. The summed E-state index contributed by atoms with van der Waals surface area (Å²) in [6.07, 6.45) is -6.11. The van der Waals surface area contributed by atoms with Crippen LogP contribution < -0.4 is 28.4 Å². The largest absolute Gasteiger partial charge is 0.493 e. The van der Waals surface area contributed by atoms with Crippen LogP contribution in [0.2, 0.25) is 0 Å².